The molecule has 2 aromatic heterocycles. The number of nitrogens with one attached hydrogen (secondary N) is 2. The van der Waals surface area contributed by atoms with Crippen LogP contribution in [-0.4, -0.2) is 110 Å². The van der Waals surface area contributed by atoms with Gasteiger partial charge >= 0.3 is 0 Å². The highest BCUT2D eigenvalue weighted by Gasteiger charge is 2.44. The highest BCUT2D eigenvalue weighted by atomic mass is 16.3. The van der Waals surface area contributed by atoms with Crippen molar-refractivity contribution >= 4 is 28.8 Å². The van der Waals surface area contributed by atoms with Gasteiger partial charge in [0.15, 0.2) is 17.0 Å². The summed E-state index contributed by atoms with van der Waals surface area (Å²) < 4.78 is 1.78. The van der Waals surface area contributed by atoms with E-state index in [2.05, 4.69) is 41.5 Å². The number of amides is 1. The van der Waals surface area contributed by atoms with Crippen LogP contribution in [0.25, 0.3) is 11.2 Å². The first-order valence-electron chi connectivity index (χ1n) is 13.3. The minimum absolute atomic E-state index is 0.278. The Morgan fingerprint density at radius 1 is 1.16 bits per heavy atom. The molecule has 2 fully saturated rings. The Morgan fingerprint density at radius 2 is 1.89 bits per heavy atom. The molecule has 206 valence electrons. The number of imidazole rings is 1. The molecule has 2 aliphatic carbocycles. The van der Waals surface area contributed by atoms with E-state index in [0.29, 0.717) is 35.0 Å². The molecule has 2 saturated carbocycles. The Bertz CT molecular complexity index is 1060. The third kappa shape index (κ3) is 6.14. The Balaban J connectivity index is 1.66. The number of carbonyl (C=O) groups is 1. The van der Waals surface area contributed by atoms with Crippen molar-refractivity contribution in [1.82, 2.24) is 29.7 Å². The molecule has 2 aliphatic rings. The Hall–Kier alpha value is -2.54. The van der Waals surface area contributed by atoms with E-state index in [1.54, 1.807) is 10.9 Å². The van der Waals surface area contributed by atoms with Gasteiger partial charge in [0.2, 0.25) is 11.9 Å². The van der Waals surface area contributed by atoms with Crippen LogP contribution in [0.5, 0.6) is 0 Å². The topological polar surface area (TPSA) is 152 Å². The maximum absolute atomic E-state index is 11.7. The number of hydrogen-bond donors (Lipinski definition) is 5. The number of hydrogen-bond acceptors (Lipinski definition) is 10. The van der Waals surface area contributed by atoms with Crippen molar-refractivity contribution in [1.29, 1.82) is 0 Å². The van der Waals surface area contributed by atoms with E-state index in [-0.39, 0.29) is 6.42 Å². The van der Waals surface area contributed by atoms with Gasteiger partial charge in [-0.3, -0.25) is 4.79 Å². The van der Waals surface area contributed by atoms with Gasteiger partial charge in [-0.25, -0.2) is 4.98 Å². The summed E-state index contributed by atoms with van der Waals surface area (Å²) in [6, 6.07) is -0.514. The second-order valence-electron chi connectivity index (χ2n) is 10.8. The Labute approximate surface area is 218 Å². The van der Waals surface area contributed by atoms with Crippen molar-refractivity contribution in [2.75, 3.05) is 44.5 Å². The average Bonchev–Trinajstić information content (AvgIpc) is 3.43. The predicted octanol–water partition coefficient (Wildman–Crippen LogP) is 0.491. The second-order valence-corrected chi connectivity index (χ2v) is 10.8. The van der Waals surface area contributed by atoms with Crippen molar-refractivity contribution in [2.45, 2.75) is 88.2 Å². The number of anilines is 2. The van der Waals surface area contributed by atoms with E-state index in [1.807, 2.05) is 11.9 Å². The van der Waals surface area contributed by atoms with Gasteiger partial charge in [0.05, 0.1) is 18.4 Å². The van der Waals surface area contributed by atoms with E-state index in [9.17, 15) is 15.0 Å². The largest absolute Gasteiger partial charge is 0.388 e. The molecule has 4 rings (SSSR count). The molecule has 0 aliphatic heterocycles. The van der Waals surface area contributed by atoms with Gasteiger partial charge < -0.3 is 40.3 Å². The summed E-state index contributed by atoms with van der Waals surface area (Å²) >= 11 is 0. The van der Waals surface area contributed by atoms with E-state index in [1.165, 1.54) is 19.3 Å². The van der Waals surface area contributed by atoms with Gasteiger partial charge in [-0.05, 0) is 46.7 Å². The molecule has 5 atom stereocenters. The first kappa shape index (κ1) is 27.5. The molecular formula is C25H42N8O4. The molecule has 0 spiro atoms. The van der Waals surface area contributed by atoms with Crippen molar-refractivity contribution in [3.8, 4) is 0 Å². The normalized spacial score (nSPS) is 25.5. The monoisotopic (exact) mass is 518 g/mol. The molecular weight excluding hydrogens is 476 g/mol. The number of carbonyl (C=O) groups excluding carboxylic acids is 1. The molecule has 5 N–H and O–H groups in total. The summed E-state index contributed by atoms with van der Waals surface area (Å²) in [6.07, 6.45) is 6.32. The minimum Gasteiger partial charge on any atom is -0.388 e. The lowest BCUT2D eigenvalue weighted by Crippen LogP contribution is -2.44. The lowest BCUT2D eigenvalue weighted by Gasteiger charge is -2.26. The van der Waals surface area contributed by atoms with Crippen molar-refractivity contribution < 1.29 is 20.1 Å². The molecule has 0 saturated heterocycles. The molecule has 12 nitrogen and oxygen atoms in total. The van der Waals surface area contributed by atoms with E-state index in [0.717, 1.165) is 25.8 Å². The van der Waals surface area contributed by atoms with Crippen LogP contribution >= 0.6 is 0 Å². The maximum Gasteiger partial charge on any atom is 0.246 e. The smallest absolute Gasteiger partial charge is 0.246 e. The first-order valence-corrected chi connectivity index (χ1v) is 13.3. The highest BCUT2D eigenvalue weighted by Crippen LogP contribution is 2.35. The fourth-order valence-electron chi connectivity index (χ4n) is 5.28. The van der Waals surface area contributed by atoms with Crippen molar-refractivity contribution in [3.05, 3.63) is 6.33 Å². The number of aliphatic hydroxyl groups is 3. The summed E-state index contributed by atoms with van der Waals surface area (Å²) in [7, 11) is 6.11. The van der Waals surface area contributed by atoms with Crippen LogP contribution in [0.1, 0.15) is 57.9 Å². The predicted molar refractivity (Wildman–Crippen MR) is 142 cm³/mol. The fraction of sp³-hybridized carbons (Fsp3) is 0.760. The van der Waals surface area contributed by atoms with Crippen LogP contribution in [0.2, 0.25) is 0 Å². The maximum atomic E-state index is 11.7. The zero-order valence-corrected chi connectivity index (χ0v) is 22.3. The number of rotatable bonds is 10. The number of fused-ring (bicyclic) bond motifs is 1. The molecule has 2 heterocycles. The highest BCUT2D eigenvalue weighted by molar-refractivity contribution is 5.84. The zero-order valence-electron chi connectivity index (χ0n) is 22.3. The molecule has 12 heteroatoms. The van der Waals surface area contributed by atoms with Gasteiger partial charge in [-0.1, -0.05) is 19.3 Å². The van der Waals surface area contributed by atoms with E-state index < -0.39 is 36.8 Å². The van der Waals surface area contributed by atoms with Crippen LogP contribution < -0.4 is 15.5 Å². The van der Waals surface area contributed by atoms with Crippen LogP contribution in [0.4, 0.5) is 11.8 Å². The van der Waals surface area contributed by atoms with Gasteiger partial charge in [0.25, 0.3) is 0 Å². The minimum atomic E-state index is -1.17. The number of nitrogens with zero attached hydrogens (tertiary/aromatic N) is 6. The quantitative estimate of drug-likeness (QED) is 0.300. The van der Waals surface area contributed by atoms with Gasteiger partial charge in [0.1, 0.15) is 18.8 Å². The summed E-state index contributed by atoms with van der Waals surface area (Å²) in [5.74, 6) is 0.651. The second kappa shape index (κ2) is 11.9. The van der Waals surface area contributed by atoms with Gasteiger partial charge in [-0.15, -0.1) is 0 Å². The van der Waals surface area contributed by atoms with Gasteiger partial charge in [-0.2, -0.15) is 9.97 Å². The summed E-state index contributed by atoms with van der Waals surface area (Å²) in [4.78, 5) is 30.3. The average molecular weight is 519 g/mol. The molecule has 37 heavy (non-hydrogen) atoms. The molecule has 0 bridgehead atoms. The summed E-state index contributed by atoms with van der Waals surface area (Å²) in [6.45, 7) is 2.27. The van der Waals surface area contributed by atoms with E-state index >= 15 is 0 Å². The molecule has 0 aromatic carbocycles. The van der Waals surface area contributed by atoms with Gasteiger partial charge in [0, 0.05) is 25.7 Å². The number of aliphatic hydroxyl groups excluding tert-OH is 3. The fourth-order valence-corrected chi connectivity index (χ4v) is 5.28. The molecule has 1 amide bonds. The van der Waals surface area contributed by atoms with Crippen molar-refractivity contribution in [2.24, 2.45) is 0 Å². The number of aromatic nitrogens is 4. The Kier molecular flexibility index (Phi) is 8.83. The van der Waals surface area contributed by atoms with Crippen LogP contribution in [-0.2, 0) is 4.79 Å². The molecule has 0 unspecified atom stereocenters. The zero-order chi connectivity index (χ0) is 26.7. The lowest BCUT2D eigenvalue weighted by molar-refractivity contribution is -0.125. The van der Waals surface area contributed by atoms with E-state index in [4.69, 9.17) is 15.1 Å². The Morgan fingerprint density at radius 3 is 2.57 bits per heavy atom. The van der Waals surface area contributed by atoms with Crippen LogP contribution in [0.3, 0.4) is 0 Å². The van der Waals surface area contributed by atoms with Crippen LogP contribution in [0, 0.1) is 0 Å². The molecule has 2 aromatic rings. The molecule has 0 radical (unpaired) electrons. The SMILES string of the molecule is C[C@@H](CCN(C)c1nc(NC2CCCCC2)c2ncn([C@@H]3C[C@H](NC(=O)CO)[C@@H](O)[C@H]3O)c2n1)N(C)C. The lowest BCUT2D eigenvalue weighted by atomic mass is 9.95. The standard InChI is InChI=1S/C25H42N8O4/c1-15(31(2)3)10-11-32(4)25-29-23(27-16-8-6-5-7-9-16)20-24(30-25)33(14-26-20)18-12-17(21(36)22(18)37)28-19(35)13-34/h14-18,21-22,34,36-37H,5-13H2,1-4H3,(H,28,35)(H,27,29,30)/t15-,17-,18+,21+,22-/m0/s1. The summed E-state index contributed by atoms with van der Waals surface area (Å²) in [5, 5.41) is 36.7. The third-order valence-electron chi connectivity index (χ3n) is 7.96. The van der Waals surface area contributed by atoms with Crippen LogP contribution in [0.15, 0.2) is 6.33 Å². The summed E-state index contributed by atoms with van der Waals surface area (Å²) in [5.41, 5.74) is 1.19. The first-order chi connectivity index (χ1) is 17.7. The third-order valence-corrected chi connectivity index (χ3v) is 7.96. The van der Waals surface area contributed by atoms with Crippen molar-refractivity contribution in [3.63, 3.8) is 0 Å².